The second-order valence-electron chi connectivity index (χ2n) is 4.89. The Hall–Kier alpha value is -0.120. The van der Waals surface area contributed by atoms with Crippen LogP contribution >= 0.6 is 0 Å². The zero-order valence-electron chi connectivity index (χ0n) is 9.87. The first kappa shape index (κ1) is 11.4. The van der Waals surface area contributed by atoms with Gasteiger partial charge in [0.25, 0.3) is 0 Å². The Balaban J connectivity index is 1.79. The van der Waals surface area contributed by atoms with E-state index in [0.717, 1.165) is 13.2 Å². The van der Waals surface area contributed by atoms with Gasteiger partial charge < -0.3 is 14.8 Å². The number of rotatable bonds is 4. The van der Waals surface area contributed by atoms with Gasteiger partial charge >= 0.3 is 0 Å². The summed E-state index contributed by atoms with van der Waals surface area (Å²) in [5, 5.41) is 3.72. The van der Waals surface area contributed by atoms with Gasteiger partial charge in [0.1, 0.15) is 0 Å². The maximum Gasteiger partial charge on any atom is 0.0724 e. The monoisotopic (exact) mass is 213 g/mol. The SMILES string of the molecule is COC1CCCC1NC(C)C1CCOC1. The van der Waals surface area contributed by atoms with E-state index in [4.69, 9.17) is 9.47 Å². The summed E-state index contributed by atoms with van der Waals surface area (Å²) in [6.07, 6.45) is 5.40. The van der Waals surface area contributed by atoms with Gasteiger partial charge in [0.15, 0.2) is 0 Å². The van der Waals surface area contributed by atoms with Gasteiger partial charge in [-0.25, -0.2) is 0 Å². The highest BCUT2D eigenvalue weighted by Gasteiger charge is 2.30. The molecule has 1 aliphatic heterocycles. The third kappa shape index (κ3) is 2.71. The van der Waals surface area contributed by atoms with Gasteiger partial charge in [-0.2, -0.15) is 0 Å². The summed E-state index contributed by atoms with van der Waals surface area (Å²) in [5.41, 5.74) is 0. The Morgan fingerprint density at radius 1 is 1.33 bits per heavy atom. The average Bonchev–Trinajstić information content (AvgIpc) is 2.87. The van der Waals surface area contributed by atoms with Gasteiger partial charge in [0.2, 0.25) is 0 Å². The molecule has 0 spiro atoms. The highest BCUT2D eigenvalue weighted by Crippen LogP contribution is 2.24. The standard InChI is InChI=1S/C12H23NO2/c1-9(10-6-7-15-8-10)13-11-4-3-5-12(11)14-2/h9-13H,3-8H2,1-2H3. The highest BCUT2D eigenvalue weighted by atomic mass is 16.5. The number of hydrogen-bond acceptors (Lipinski definition) is 3. The van der Waals surface area contributed by atoms with Gasteiger partial charge in [-0.15, -0.1) is 0 Å². The van der Waals surface area contributed by atoms with Crippen LogP contribution in [0.4, 0.5) is 0 Å². The molecule has 2 aliphatic rings. The molecule has 0 radical (unpaired) electrons. The Morgan fingerprint density at radius 3 is 2.87 bits per heavy atom. The molecule has 0 amide bonds. The maximum atomic E-state index is 5.49. The molecule has 0 aromatic rings. The number of methoxy groups -OCH3 is 1. The zero-order valence-corrected chi connectivity index (χ0v) is 9.87. The first-order chi connectivity index (χ1) is 7.31. The maximum absolute atomic E-state index is 5.49. The van der Waals surface area contributed by atoms with Crippen LogP contribution < -0.4 is 5.32 Å². The van der Waals surface area contributed by atoms with E-state index in [2.05, 4.69) is 12.2 Å². The second-order valence-corrected chi connectivity index (χ2v) is 4.89. The molecule has 1 N–H and O–H groups in total. The summed E-state index contributed by atoms with van der Waals surface area (Å²) in [6, 6.07) is 1.12. The molecule has 4 atom stereocenters. The fourth-order valence-corrected chi connectivity index (χ4v) is 2.82. The molecule has 15 heavy (non-hydrogen) atoms. The van der Waals surface area contributed by atoms with Crippen molar-refractivity contribution in [3.05, 3.63) is 0 Å². The summed E-state index contributed by atoms with van der Waals surface area (Å²) in [5.74, 6) is 0.697. The summed E-state index contributed by atoms with van der Waals surface area (Å²) in [6.45, 7) is 4.15. The lowest BCUT2D eigenvalue weighted by Crippen LogP contribution is -2.45. The van der Waals surface area contributed by atoms with E-state index in [0.29, 0.717) is 24.1 Å². The fraction of sp³-hybridized carbons (Fsp3) is 1.00. The highest BCUT2D eigenvalue weighted by molar-refractivity contribution is 4.88. The van der Waals surface area contributed by atoms with Crippen LogP contribution in [0.25, 0.3) is 0 Å². The van der Waals surface area contributed by atoms with Crippen LogP contribution in [0.3, 0.4) is 0 Å². The molecule has 0 bridgehead atoms. The molecule has 1 saturated carbocycles. The first-order valence-electron chi connectivity index (χ1n) is 6.18. The molecule has 2 fully saturated rings. The lowest BCUT2D eigenvalue weighted by molar-refractivity contribution is 0.0779. The minimum atomic E-state index is 0.426. The lowest BCUT2D eigenvalue weighted by atomic mass is 9.99. The predicted molar refractivity (Wildman–Crippen MR) is 60.0 cm³/mol. The third-order valence-electron chi connectivity index (χ3n) is 3.90. The van der Waals surface area contributed by atoms with Crippen molar-refractivity contribution in [2.24, 2.45) is 5.92 Å². The molecular weight excluding hydrogens is 190 g/mol. The number of ether oxygens (including phenoxy) is 2. The van der Waals surface area contributed by atoms with Crippen LogP contribution in [-0.4, -0.2) is 38.5 Å². The molecule has 1 aliphatic carbocycles. The molecule has 3 heteroatoms. The minimum Gasteiger partial charge on any atom is -0.381 e. The minimum absolute atomic E-state index is 0.426. The van der Waals surface area contributed by atoms with Crippen LogP contribution in [0.2, 0.25) is 0 Å². The number of hydrogen-bond donors (Lipinski definition) is 1. The van der Waals surface area contributed by atoms with Crippen molar-refractivity contribution in [1.82, 2.24) is 5.32 Å². The van der Waals surface area contributed by atoms with Gasteiger partial charge in [-0.1, -0.05) is 0 Å². The van der Waals surface area contributed by atoms with Crippen LogP contribution in [-0.2, 0) is 9.47 Å². The van der Waals surface area contributed by atoms with Gasteiger partial charge in [-0.05, 0) is 38.5 Å². The van der Waals surface area contributed by atoms with Crippen LogP contribution in [0, 0.1) is 5.92 Å². The second kappa shape index (κ2) is 5.28. The molecule has 4 unspecified atom stereocenters. The fourth-order valence-electron chi connectivity index (χ4n) is 2.82. The van der Waals surface area contributed by atoms with Crippen molar-refractivity contribution in [1.29, 1.82) is 0 Å². The van der Waals surface area contributed by atoms with Crippen molar-refractivity contribution in [2.45, 2.75) is 50.8 Å². The summed E-state index contributed by atoms with van der Waals surface area (Å²) in [4.78, 5) is 0. The molecule has 88 valence electrons. The van der Waals surface area contributed by atoms with E-state index in [1.165, 1.54) is 25.7 Å². The summed E-state index contributed by atoms with van der Waals surface area (Å²) >= 11 is 0. The Bertz CT molecular complexity index is 192. The average molecular weight is 213 g/mol. The molecular formula is C12H23NO2. The van der Waals surface area contributed by atoms with E-state index in [1.807, 2.05) is 7.11 Å². The molecule has 0 aromatic heterocycles. The van der Waals surface area contributed by atoms with E-state index in [-0.39, 0.29) is 0 Å². The van der Waals surface area contributed by atoms with E-state index < -0.39 is 0 Å². The van der Waals surface area contributed by atoms with Crippen LogP contribution in [0.15, 0.2) is 0 Å². The van der Waals surface area contributed by atoms with Gasteiger partial charge in [-0.3, -0.25) is 0 Å². The van der Waals surface area contributed by atoms with E-state index in [1.54, 1.807) is 0 Å². The van der Waals surface area contributed by atoms with Crippen LogP contribution in [0.5, 0.6) is 0 Å². The van der Waals surface area contributed by atoms with Crippen molar-refractivity contribution in [3.63, 3.8) is 0 Å². The van der Waals surface area contributed by atoms with Gasteiger partial charge in [0.05, 0.1) is 12.7 Å². The van der Waals surface area contributed by atoms with Crippen molar-refractivity contribution >= 4 is 0 Å². The summed E-state index contributed by atoms with van der Waals surface area (Å²) in [7, 11) is 1.83. The number of nitrogens with one attached hydrogen (secondary N) is 1. The first-order valence-corrected chi connectivity index (χ1v) is 6.18. The summed E-state index contributed by atoms with van der Waals surface area (Å²) < 4.78 is 10.9. The van der Waals surface area contributed by atoms with Gasteiger partial charge in [0, 0.05) is 25.8 Å². The molecule has 3 nitrogen and oxygen atoms in total. The van der Waals surface area contributed by atoms with E-state index in [9.17, 15) is 0 Å². The Kier molecular flexibility index (Phi) is 4.00. The van der Waals surface area contributed by atoms with Crippen molar-refractivity contribution in [3.8, 4) is 0 Å². The predicted octanol–water partition coefficient (Wildman–Crippen LogP) is 1.57. The smallest absolute Gasteiger partial charge is 0.0724 e. The van der Waals surface area contributed by atoms with Crippen LogP contribution in [0.1, 0.15) is 32.6 Å². The zero-order chi connectivity index (χ0) is 10.7. The molecule has 0 aromatic carbocycles. The molecule has 1 heterocycles. The Labute approximate surface area is 92.5 Å². The Morgan fingerprint density at radius 2 is 2.20 bits per heavy atom. The molecule has 1 saturated heterocycles. The van der Waals surface area contributed by atoms with Crippen molar-refractivity contribution < 1.29 is 9.47 Å². The quantitative estimate of drug-likeness (QED) is 0.769. The normalized spacial score (nSPS) is 38.4. The topological polar surface area (TPSA) is 30.5 Å². The third-order valence-corrected chi connectivity index (χ3v) is 3.90. The van der Waals surface area contributed by atoms with Crippen molar-refractivity contribution in [2.75, 3.05) is 20.3 Å². The van der Waals surface area contributed by atoms with E-state index >= 15 is 0 Å². The molecule has 2 rings (SSSR count). The lowest BCUT2D eigenvalue weighted by Gasteiger charge is -2.27. The largest absolute Gasteiger partial charge is 0.381 e.